The minimum absolute atomic E-state index is 0.00364. The molecule has 16 heavy (non-hydrogen) atoms. The van der Waals surface area contributed by atoms with Crippen LogP contribution in [0, 0.1) is 18.3 Å². The second-order valence-electron chi connectivity index (χ2n) is 4.92. The summed E-state index contributed by atoms with van der Waals surface area (Å²) in [6.07, 6.45) is 10.5. The van der Waals surface area contributed by atoms with Crippen LogP contribution in [0.4, 0.5) is 0 Å². The first-order valence-corrected chi connectivity index (χ1v) is 6.09. The molecule has 3 N–H and O–H groups in total. The third-order valence-electron chi connectivity index (χ3n) is 3.27. The minimum Gasteiger partial charge on any atom is -0.354 e. The van der Waals surface area contributed by atoms with Crippen molar-refractivity contribution in [2.75, 3.05) is 6.54 Å². The molecule has 1 fully saturated rings. The van der Waals surface area contributed by atoms with Gasteiger partial charge in [-0.1, -0.05) is 19.8 Å². The lowest BCUT2D eigenvalue weighted by atomic mass is 9.76. The lowest BCUT2D eigenvalue weighted by molar-refractivity contribution is -0.128. The Labute approximate surface area is 98.2 Å². The Morgan fingerprint density at radius 1 is 1.69 bits per heavy atom. The second kappa shape index (κ2) is 5.91. The zero-order valence-electron chi connectivity index (χ0n) is 10.1. The van der Waals surface area contributed by atoms with Crippen molar-refractivity contribution in [1.29, 1.82) is 0 Å². The molecule has 2 atom stereocenters. The molecule has 0 heterocycles. The Bertz CT molecular complexity index is 282. The number of nitrogens with two attached hydrogens (primary N) is 1. The van der Waals surface area contributed by atoms with Crippen LogP contribution >= 0.6 is 0 Å². The lowest BCUT2D eigenvalue weighted by Gasteiger charge is -2.35. The average Bonchev–Trinajstić information content (AvgIpc) is 2.23. The van der Waals surface area contributed by atoms with Crippen molar-refractivity contribution < 1.29 is 4.79 Å². The molecule has 0 aliphatic heterocycles. The molecule has 0 radical (unpaired) electrons. The van der Waals surface area contributed by atoms with Crippen LogP contribution in [0.2, 0.25) is 0 Å². The summed E-state index contributed by atoms with van der Waals surface area (Å²) in [7, 11) is 0. The molecule has 3 nitrogen and oxygen atoms in total. The van der Waals surface area contributed by atoms with Crippen LogP contribution in [0.15, 0.2) is 0 Å². The maximum Gasteiger partial charge on any atom is 0.240 e. The smallest absolute Gasteiger partial charge is 0.240 e. The lowest BCUT2D eigenvalue weighted by Crippen LogP contribution is -2.56. The molecule has 1 aliphatic rings. The Hall–Kier alpha value is -1.01. The van der Waals surface area contributed by atoms with E-state index in [4.69, 9.17) is 12.2 Å². The fourth-order valence-corrected chi connectivity index (χ4v) is 2.37. The molecular formula is C13H22N2O. The summed E-state index contributed by atoms with van der Waals surface area (Å²) < 4.78 is 0. The van der Waals surface area contributed by atoms with Crippen LogP contribution in [0.5, 0.6) is 0 Å². The molecule has 0 spiro atoms. The van der Waals surface area contributed by atoms with E-state index in [-0.39, 0.29) is 5.91 Å². The predicted molar refractivity (Wildman–Crippen MR) is 65.6 cm³/mol. The van der Waals surface area contributed by atoms with Gasteiger partial charge in [-0.2, -0.15) is 0 Å². The quantitative estimate of drug-likeness (QED) is 0.558. The summed E-state index contributed by atoms with van der Waals surface area (Å²) in [4.78, 5) is 11.9. The summed E-state index contributed by atoms with van der Waals surface area (Å²) in [5, 5.41) is 2.89. The number of unbranched alkanes of at least 4 members (excludes halogenated alkanes) is 1. The predicted octanol–water partition coefficient (Wildman–Crippen LogP) is 1.42. The Kier molecular flexibility index (Phi) is 4.82. The summed E-state index contributed by atoms with van der Waals surface area (Å²) in [5.41, 5.74) is 5.51. The fraction of sp³-hybridized carbons (Fsp3) is 0.769. The van der Waals surface area contributed by atoms with Crippen LogP contribution in [0.1, 0.15) is 45.4 Å². The van der Waals surface area contributed by atoms with Crippen molar-refractivity contribution >= 4 is 5.91 Å². The molecule has 0 aromatic heterocycles. The highest BCUT2D eigenvalue weighted by Crippen LogP contribution is 2.30. The van der Waals surface area contributed by atoms with Gasteiger partial charge in [-0.3, -0.25) is 4.79 Å². The normalized spacial score (nSPS) is 29.4. The summed E-state index contributed by atoms with van der Waals surface area (Å²) >= 11 is 0. The van der Waals surface area contributed by atoms with Crippen molar-refractivity contribution in [3.8, 4) is 12.3 Å². The largest absolute Gasteiger partial charge is 0.354 e. The van der Waals surface area contributed by atoms with Gasteiger partial charge in [-0.25, -0.2) is 0 Å². The highest BCUT2D eigenvalue weighted by molar-refractivity contribution is 5.86. The van der Waals surface area contributed by atoms with E-state index in [9.17, 15) is 4.79 Å². The Morgan fingerprint density at radius 2 is 2.44 bits per heavy atom. The van der Waals surface area contributed by atoms with E-state index in [0.29, 0.717) is 18.9 Å². The van der Waals surface area contributed by atoms with E-state index in [1.807, 2.05) is 0 Å². The molecule has 0 aromatic rings. The number of amides is 1. The van der Waals surface area contributed by atoms with Crippen molar-refractivity contribution in [2.45, 2.75) is 51.0 Å². The molecule has 1 rings (SSSR count). The van der Waals surface area contributed by atoms with Gasteiger partial charge in [0, 0.05) is 13.0 Å². The fourth-order valence-electron chi connectivity index (χ4n) is 2.37. The standard InChI is InChI=1S/C13H22N2O/c1-3-4-5-9-15-12(16)13(14)8-6-7-11(2)10-13/h1,11H,4-10,14H2,2H3,(H,15,16). The number of carbonyl (C=O) groups is 1. The first-order valence-electron chi connectivity index (χ1n) is 6.09. The summed E-state index contributed by atoms with van der Waals surface area (Å²) in [5.74, 6) is 3.10. The summed E-state index contributed by atoms with van der Waals surface area (Å²) in [6.45, 7) is 2.79. The van der Waals surface area contributed by atoms with Gasteiger partial charge in [0.1, 0.15) is 0 Å². The second-order valence-corrected chi connectivity index (χ2v) is 4.92. The van der Waals surface area contributed by atoms with E-state index in [1.165, 1.54) is 6.42 Å². The van der Waals surface area contributed by atoms with Crippen molar-refractivity contribution in [2.24, 2.45) is 11.7 Å². The molecule has 1 saturated carbocycles. The number of hydrogen-bond donors (Lipinski definition) is 2. The highest BCUT2D eigenvalue weighted by Gasteiger charge is 2.37. The van der Waals surface area contributed by atoms with Crippen LogP contribution in [-0.2, 0) is 4.79 Å². The van der Waals surface area contributed by atoms with Crippen molar-refractivity contribution in [1.82, 2.24) is 5.32 Å². The van der Waals surface area contributed by atoms with Crippen LogP contribution < -0.4 is 11.1 Å². The van der Waals surface area contributed by atoms with E-state index in [1.54, 1.807) is 0 Å². The maximum atomic E-state index is 11.9. The van der Waals surface area contributed by atoms with Gasteiger partial charge in [0.25, 0.3) is 0 Å². The molecule has 90 valence electrons. The molecule has 3 heteroatoms. The number of carbonyl (C=O) groups excluding carboxylic acids is 1. The van der Waals surface area contributed by atoms with Gasteiger partial charge in [0.15, 0.2) is 0 Å². The van der Waals surface area contributed by atoms with Gasteiger partial charge in [0.2, 0.25) is 5.91 Å². The minimum atomic E-state index is -0.645. The van der Waals surface area contributed by atoms with Crippen molar-refractivity contribution in [3.63, 3.8) is 0 Å². The van der Waals surface area contributed by atoms with Gasteiger partial charge in [-0.15, -0.1) is 12.3 Å². The number of hydrogen-bond acceptors (Lipinski definition) is 2. The van der Waals surface area contributed by atoms with Crippen LogP contribution in [-0.4, -0.2) is 18.0 Å². The van der Waals surface area contributed by atoms with Gasteiger partial charge in [0.05, 0.1) is 5.54 Å². The first-order chi connectivity index (χ1) is 7.58. The Balaban J connectivity index is 2.37. The Morgan fingerprint density at radius 3 is 3.06 bits per heavy atom. The van der Waals surface area contributed by atoms with Gasteiger partial charge in [-0.05, 0) is 25.2 Å². The van der Waals surface area contributed by atoms with Crippen LogP contribution in [0.3, 0.4) is 0 Å². The highest BCUT2D eigenvalue weighted by atomic mass is 16.2. The monoisotopic (exact) mass is 222 g/mol. The zero-order valence-corrected chi connectivity index (χ0v) is 10.1. The van der Waals surface area contributed by atoms with Crippen molar-refractivity contribution in [3.05, 3.63) is 0 Å². The third kappa shape index (κ3) is 3.53. The third-order valence-corrected chi connectivity index (χ3v) is 3.27. The topological polar surface area (TPSA) is 55.1 Å². The average molecular weight is 222 g/mol. The first kappa shape index (κ1) is 13.1. The number of nitrogens with one attached hydrogen (secondary N) is 1. The maximum absolute atomic E-state index is 11.9. The number of terminal acetylenes is 1. The molecule has 0 bridgehead atoms. The molecule has 1 amide bonds. The SMILES string of the molecule is C#CCCCNC(=O)C1(N)CCCC(C)C1. The molecule has 2 unspecified atom stereocenters. The number of rotatable bonds is 4. The van der Waals surface area contributed by atoms with Gasteiger partial charge >= 0.3 is 0 Å². The van der Waals surface area contributed by atoms with E-state index >= 15 is 0 Å². The summed E-state index contributed by atoms with van der Waals surface area (Å²) in [6, 6.07) is 0. The van der Waals surface area contributed by atoms with E-state index in [0.717, 1.165) is 25.7 Å². The van der Waals surface area contributed by atoms with Gasteiger partial charge < -0.3 is 11.1 Å². The van der Waals surface area contributed by atoms with E-state index in [2.05, 4.69) is 18.2 Å². The molecule has 0 aromatic carbocycles. The zero-order chi connectivity index (χ0) is 12.0. The van der Waals surface area contributed by atoms with Crippen LogP contribution in [0.25, 0.3) is 0 Å². The molecule has 1 aliphatic carbocycles. The molecule has 0 saturated heterocycles. The molecular weight excluding hydrogens is 200 g/mol. The van der Waals surface area contributed by atoms with E-state index < -0.39 is 5.54 Å².